The molecule has 98 valence electrons. The van der Waals surface area contributed by atoms with Crippen LogP contribution in [-0.2, 0) is 9.59 Å². The van der Waals surface area contributed by atoms with E-state index in [0.717, 1.165) is 17.6 Å². The Hall–Kier alpha value is -1.66. The molecule has 2 nitrogen and oxygen atoms in total. The molecule has 0 saturated heterocycles. The number of rotatable bonds is 3. The summed E-state index contributed by atoms with van der Waals surface area (Å²) in [4.78, 5) is 20.9. The molecule has 0 spiro atoms. The van der Waals surface area contributed by atoms with E-state index in [2.05, 4.69) is 12.7 Å². The number of allylic oxidation sites excluding steroid dienone is 5. The molecule has 0 saturated carbocycles. The van der Waals surface area contributed by atoms with Crippen molar-refractivity contribution < 1.29 is 9.59 Å². The van der Waals surface area contributed by atoms with Gasteiger partial charge in [-0.3, -0.25) is 4.79 Å². The molecule has 1 rings (SSSR count). The summed E-state index contributed by atoms with van der Waals surface area (Å²) in [5, 5.41) is 0. The molecular formula is C16H22O2. The normalized spacial score (nSPS) is 13.5. The molecule has 18 heavy (non-hydrogen) atoms. The van der Waals surface area contributed by atoms with Gasteiger partial charge in [0.2, 0.25) is 0 Å². The van der Waals surface area contributed by atoms with Gasteiger partial charge in [0.15, 0.2) is 5.78 Å². The van der Waals surface area contributed by atoms with Gasteiger partial charge in [-0.05, 0) is 56.6 Å². The zero-order valence-corrected chi connectivity index (χ0v) is 12.0. The maximum atomic E-state index is 11.1. The monoisotopic (exact) mass is 246 g/mol. The van der Waals surface area contributed by atoms with Crippen LogP contribution in [0.5, 0.6) is 0 Å². The van der Waals surface area contributed by atoms with Gasteiger partial charge in [0.05, 0.1) is 0 Å². The topological polar surface area (TPSA) is 34.1 Å². The van der Waals surface area contributed by atoms with Gasteiger partial charge in [0.25, 0.3) is 0 Å². The molecule has 0 heterocycles. The Morgan fingerprint density at radius 3 is 2.17 bits per heavy atom. The summed E-state index contributed by atoms with van der Waals surface area (Å²) in [5.41, 5.74) is 6.23. The van der Waals surface area contributed by atoms with Crippen molar-refractivity contribution >= 4 is 11.6 Å². The lowest BCUT2D eigenvalue weighted by molar-refractivity contribution is -0.116. The number of Topliss-reactive ketones (excluding diaryl/α,β-unsaturated/α-hetero) is 2. The Kier molecular flexibility index (Phi) is 7.66. The van der Waals surface area contributed by atoms with E-state index in [-0.39, 0.29) is 11.6 Å². The van der Waals surface area contributed by atoms with Crippen molar-refractivity contribution in [2.75, 3.05) is 0 Å². The van der Waals surface area contributed by atoms with Gasteiger partial charge in [-0.15, -0.1) is 5.73 Å². The van der Waals surface area contributed by atoms with Gasteiger partial charge < -0.3 is 4.79 Å². The summed E-state index contributed by atoms with van der Waals surface area (Å²) in [6.07, 6.45) is 7.19. The second-order valence-electron chi connectivity index (χ2n) is 4.20. The molecule has 0 N–H and O–H groups in total. The molecule has 0 aliphatic heterocycles. The molecule has 1 aliphatic carbocycles. The smallest absolute Gasteiger partial charge is 0.159 e. The van der Waals surface area contributed by atoms with Crippen LogP contribution in [0.3, 0.4) is 0 Å². The van der Waals surface area contributed by atoms with Gasteiger partial charge in [-0.1, -0.05) is 13.8 Å². The highest BCUT2D eigenvalue weighted by Crippen LogP contribution is 2.17. The number of hydrogen-bond donors (Lipinski definition) is 0. The fraction of sp³-hybridized carbons (Fsp3) is 0.438. The predicted molar refractivity (Wildman–Crippen MR) is 75.4 cm³/mol. The molecule has 0 aromatic heterocycles. The average Bonchev–Trinajstić information content (AvgIpc) is 2.51. The second kappa shape index (κ2) is 8.43. The van der Waals surface area contributed by atoms with Crippen LogP contribution in [0.1, 0.15) is 47.5 Å². The lowest BCUT2D eigenvalue weighted by atomic mass is 10.0. The van der Waals surface area contributed by atoms with Crippen LogP contribution >= 0.6 is 0 Å². The molecular weight excluding hydrogens is 224 g/mol. The molecule has 0 aromatic carbocycles. The third kappa shape index (κ3) is 6.17. The summed E-state index contributed by atoms with van der Waals surface area (Å²) in [6.45, 7) is 9.12. The number of ketones is 2. The first-order valence-electron chi connectivity index (χ1n) is 6.27. The fourth-order valence-electron chi connectivity index (χ4n) is 1.31. The minimum atomic E-state index is 0.106. The van der Waals surface area contributed by atoms with Crippen molar-refractivity contribution in [2.45, 2.75) is 47.5 Å². The van der Waals surface area contributed by atoms with Crippen molar-refractivity contribution in [2.24, 2.45) is 0 Å². The van der Waals surface area contributed by atoms with Gasteiger partial charge in [0.1, 0.15) is 5.78 Å². The SMILES string of the molecule is CCC(C)=O.CCC1=C=CC=C(C(C)=O)C=C1C. The third-order valence-corrected chi connectivity index (χ3v) is 2.63. The molecule has 0 fully saturated rings. The zero-order chi connectivity index (χ0) is 14.1. The van der Waals surface area contributed by atoms with E-state index in [4.69, 9.17) is 0 Å². The van der Waals surface area contributed by atoms with Crippen LogP contribution < -0.4 is 0 Å². The van der Waals surface area contributed by atoms with Crippen LogP contribution in [0.2, 0.25) is 0 Å². The first-order chi connectivity index (χ1) is 8.42. The summed E-state index contributed by atoms with van der Waals surface area (Å²) < 4.78 is 0. The Morgan fingerprint density at radius 2 is 1.78 bits per heavy atom. The van der Waals surface area contributed by atoms with E-state index in [0.29, 0.717) is 6.42 Å². The lowest BCUT2D eigenvalue weighted by Gasteiger charge is -2.00. The Labute approximate surface area is 110 Å². The van der Waals surface area contributed by atoms with E-state index in [1.807, 2.05) is 32.1 Å². The zero-order valence-electron chi connectivity index (χ0n) is 12.0. The fourth-order valence-corrected chi connectivity index (χ4v) is 1.31. The number of hydrogen-bond acceptors (Lipinski definition) is 2. The highest BCUT2D eigenvalue weighted by molar-refractivity contribution is 5.96. The Balaban J connectivity index is 0.000000494. The van der Waals surface area contributed by atoms with Crippen molar-refractivity contribution in [1.82, 2.24) is 0 Å². The summed E-state index contributed by atoms with van der Waals surface area (Å²) in [7, 11) is 0. The minimum Gasteiger partial charge on any atom is -0.300 e. The van der Waals surface area contributed by atoms with Gasteiger partial charge in [0, 0.05) is 12.0 Å². The molecule has 0 radical (unpaired) electrons. The molecule has 2 heteroatoms. The first-order valence-corrected chi connectivity index (χ1v) is 6.27. The van der Waals surface area contributed by atoms with Crippen LogP contribution in [-0.4, -0.2) is 11.6 Å². The van der Waals surface area contributed by atoms with E-state index in [9.17, 15) is 9.59 Å². The van der Waals surface area contributed by atoms with Gasteiger partial charge in [-0.25, -0.2) is 0 Å². The van der Waals surface area contributed by atoms with Crippen molar-refractivity contribution in [3.05, 3.63) is 40.7 Å². The first kappa shape index (κ1) is 16.3. The molecule has 0 aromatic rings. The molecule has 1 aliphatic rings. The van der Waals surface area contributed by atoms with E-state index in [1.165, 1.54) is 5.57 Å². The third-order valence-electron chi connectivity index (χ3n) is 2.63. The van der Waals surface area contributed by atoms with E-state index in [1.54, 1.807) is 13.8 Å². The average molecular weight is 246 g/mol. The second-order valence-corrected chi connectivity index (χ2v) is 4.20. The summed E-state index contributed by atoms with van der Waals surface area (Å²) in [5.74, 6) is 0.361. The van der Waals surface area contributed by atoms with Gasteiger partial charge in [-0.2, -0.15) is 0 Å². The highest BCUT2D eigenvalue weighted by atomic mass is 16.1. The van der Waals surface area contributed by atoms with Crippen molar-refractivity contribution in [3.8, 4) is 0 Å². The minimum absolute atomic E-state index is 0.106. The Morgan fingerprint density at radius 1 is 1.22 bits per heavy atom. The maximum Gasteiger partial charge on any atom is 0.159 e. The number of carbonyl (C=O) groups is 2. The van der Waals surface area contributed by atoms with Crippen LogP contribution in [0.25, 0.3) is 0 Å². The predicted octanol–water partition coefficient (Wildman–Crippen LogP) is 3.94. The van der Waals surface area contributed by atoms with Crippen LogP contribution in [0, 0.1) is 0 Å². The molecule has 0 amide bonds. The quantitative estimate of drug-likeness (QED) is 0.707. The standard InChI is InChI=1S/C12H14O.C4H8O/c1-4-11-6-5-7-12(10(3)13)8-9(11)2;1-3-4(2)5/h5,7-8H,4H2,1-3H3;3H2,1-2H3. The van der Waals surface area contributed by atoms with E-state index < -0.39 is 0 Å². The largest absolute Gasteiger partial charge is 0.300 e. The van der Waals surface area contributed by atoms with E-state index >= 15 is 0 Å². The molecule has 0 unspecified atom stereocenters. The molecule has 0 atom stereocenters. The molecule has 0 bridgehead atoms. The van der Waals surface area contributed by atoms with Crippen LogP contribution in [0.4, 0.5) is 0 Å². The lowest BCUT2D eigenvalue weighted by Crippen LogP contribution is -1.93. The van der Waals surface area contributed by atoms with Crippen molar-refractivity contribution in [3.63, 3.8) is 0 Å². The Bertz CT molecular complexity index is 442. The van der Waals surface area contributed by atoms with Crippen LogP contribution in [0.15, 0.2) is 40.7 Å². The maximum absolute atomic E-state index is 11.1. The number of carbonyl (C=O) groups excluding carboxylic acids is 2. The van der Waals surface area contributed by atoms with Crippen molar-refractivity contribution in [1.29, 1.82) is 0 Å². The summed E-state index contributed by atoms with van der Waals surface area (Å²) in [6, 6.07) is 0. The van der Waals surface area contributed by atoms with Gasteiger partial charge >= 0.3 is 0 Å². The summed E-state index contributed by atoms with van der Waals surface area (Å²) >= 11 is 0. The highest BCUT2D eigenvalue weighted by Gasteiger charge is 2.04.